The van der Waals surface area contributed by atoms with E-state index in [9.17, 15) is 32.6 Å². The predicted molar refractivity (Wildman–Crippen MR) is 89.2 cm³/mol. The zero-order chi connectivity index (χ0) is 19.5. The van der Waals surface area contributed by atoms with Crippen LogP contribution < -0.4 is 9.67 Å². The molecule has 2 aromatic rings. The van der Waals surface area contributed by atoms with Crippen molar-refractivity contribution in [3.05, 3.63) is 58.1 Å². The number of para-hydroxylation sites is 1. The van der Waals surface area contributed by atoms with Crippen molar-refractivity contribution in [3.8, 4) is 5.75 Å². The Labute approximate surface area is 149 Å². The number of carbonyl (C=O) groups is 2. The number of benzene rings is 2. The molecule has 2 rings (SSSR count). The van der Waals surface area contributed by atoms with Gasteiger partial charge in [-0.25, -0.2) is 0 Å². The Hall–Kier alpha value is -3.10. The van der Waals surface area contributed by atoms with E-state index >= 15 is 0 Å². The van der Waals surface area contributed by atoms with E-state index in [-0.39, 0.29) is 11.4 Å². The quantitative estimate of drug-likeness (QED) is 0.360. The monoisotopic (exact) mass is 424 g/mol. The number of nitro groups is 1. The van der Waals surface area contributed by atoms with Gasteiger partial charge in [0.2, 0.25) is 0 Å². The van der Waals surface area contributed by atoms with E-state index in [4.69, 9.17) is 0 Å². The Morgan fingerprint density at radius 2 is 1.88 bits per heavy atom. The number of anilines is 1. The standard InChI is InChI=1S/C15H13AsN2O8/c1-9(19)17-13-8-10(20)6-7-12(13)16(22,23)26-15(21)11-4-2-3-5-14(11)18(24)25/h2-8,20H,1H3,(H,17,19)(H,22,23). The molecule has 11 heteroatoms. The number of phenols is 1. The average molecular weight is 424 g/mol. The van der Waals surface area contributed by atoms with Gasteiger partial charge in [-0.3, -0.25) is 0 Å². The molecule has 1 atom stereocenters. The second-order valence-electron chi connectivity index (χ2n) is 5.06. The number of nitrogens with one attached hydrogen (secondary N) is 1. The normalized spacial score (nSPS) is 12.7. The van der Waals surface area contributed by atoms with Gasteiger partial charge in [0.15, 0.2) is 0 Å². The molecule has 0 saturated carbocycles. The van der Waals surface area contributed by atoms with Crippen LogP contribution in [-0.2, 0) is 12.3 Å². The van der Waals surface area contributed by atoms with Crippen LogP contribution in [0.25, 0.3) is 0 Å². The molecule has 0 aliphatic heterocycles. The van der Waals surface area contributed by atoms with Gasteiger partial charge >= 0.3 is 149 Å². The summed E-state index contributed by atoms with van der Waals surface area (Å²) in [6, 6.07) is 7.91. The first-order chi connectivity index (χ1) is 12.1. The summed E-state index contributed by atoms with van der Waals surface area (Å²) < 4.78 is 27.0. The van der Waals surface area contributed by atoms with Crippen LogP contribution in [0.3, 0.4) is 0 Å². The van der Waals surface area contributed by atoms with E-state index in [2.05, 4.69) is 9.04 Å². The molecule has 0 spiro atoms. The fraction of sp³-hybridized carbons (Fsp3) is 0.0667. The van der Waals surface area contributed by atoms with Crippen molar-refractivity contribution in [1.29, 1.82) is 0 Å². The average Bonchev–Trinajstić information content (AvgIpc) is 2.53. The number of nitro benzene ring substituents is 1. The summed E-state index contributed by atoms with van der Waals surface area (Å²) in [4.78, 5) is 33.6. The van der Waals surface area contributed by atoms with Gasteiger partial charge in [0, 0.05) is 0 Å². The molecule has 0 heterocycles. The second kappa shape index (κ2) is 7.42. The van der Waals surface area contributed by atoms with Gasteiger partial charge in [-0.05, 0) is 0 Å². The Morgan fingerprint density at radius 1 is 1.23 bits per heavy atom. The molecule has 0 aromatic heterocycles. The molecule has 0 bridgehead atoms. The number of phenolic OH excluding ortho intramolecular Hbond substituents is 1. The van der Waals surface area contributed by atoms with Gasteiger partial charge in [0.05, 0.1) is 0 Å². The topological polar surface area (TPSA) is 156 Å². The van der Waals surface area contributed by atoms with Gasteiger partial charge in [-0.15, -0.1) is 0 Å². The Kier molecular flexibility index (Phi) is 5.49. The van der Waals surface area contributed by atoms with Gasteiger partial charge < -0.3 is 0 Å². The van der Waals surface area contributed by atoms with Crippen molar-refractivity contribution in [2.24, 2.45) is 0 Å². The molecule has 10 nitrogen and oxygen atoms in total. The van der Waals surface area contributed by atoms with E-state index in [1.807, 2.05) is 0 Å². The fourth-order valence-corrected chi connectivity index (χ4v) is 4.40. The summed E-state index contributed by atoms with van der Waals surface area (Å²) in [5.41, 5.74) is -1.29. The predicted octanol–water partition coefficient (Wildman–Crippen LogP) is 0.684. The molecule has 1 amide bonds. The minimum atomic E-state index is -5.57. The first kappa shape index (κ1) is 19.2. The molecule has 0 fully saturated rings. The van der Waals surface area contributed by atoms with Crippen molar-refractivity contribution >= 4 is 41.8 Å². The van der Waals surface area contributed by atoms with Crippen LogP contribution >= 0.6 is 0 Å². The molecular weight excluding hydrogens is 411 g/mol. The summed E-state index contributed by atoms with van der Waals surface area (Å²) >= 11 is -5.57. The van der Waals surface area contributed by atoms with Gasteiger partial charge in [0.1, 0.15) is 0 Å². The summed E-state index contributed by atoms with van der Waals surface area (Å²) in [6.07, 6.45) is 0. The Balaban J connectivity index is 2.41. The van der Waals surface area contributed by atoms with Crippen molar-refractivity contribution in [1.82, 2.24) is 0 Å². The summed E-state index contributed by atoms with van der Waals surface area (Å²) in [7, 11) is 0. The van der Waals surface area contributed by atoms with E-state index in [0.29, 0.717) is 0 Å². The van der Waals surface area contributed by atoms with Crippen LogP contribution in [-0.4, -0.2) is 40.2 Å². The third-order valence-electron chi connectivity index (χ3n) is 3.12. The Bertz CT molecular complexity index is 943. The summed E-state index contributed by atoms with van der Waals surface area (Å²) in [5.74, 6) is -2.24. The molecule has 26 heavy (non-hydrogen) atoms. The molecule has 3 N–H and O–H groups in total. The van der Waals surface area contributed by atoms with Crippen LogP contribution in [0, 0.1) is 10.1 Å². The van der Waals surface area contributed by atoms with Gasteiger partial charge in [0.25, 0.3) is 0 Å². The van der Waals surface area contributed by atoms with Crippen LogP contribution in [0.15, 0.2) is 42.5 Å². The third kappa shape index (κ3) is 4.29. The first-order valence-corrected chi connectivity index (χ1v) is 10.3. The molecule has 0 aliphatic rings. The molecule has 2 aromatic carbocycles. The molecule has 0 saturated heterocycles. The van der Waals surface area contributed by atoms with E-state index in [1.54, 1.807) is 0 Å². The van der Waals surface area contributed by atoms with E-state index in [0.717, 1.165) is 37.3 Å². The first-order valence-electron chi connectivity index (χ1n) is 7.03. The molecule has 1 unspecified atom stereocenters. The van der Waals surface area contributed by atoms with Crippen LogP contribution in [0.5, 0.6) is 5.75 Å². The molecule has 136 valence electrons. The fourth-order valence-electron chi connectivity index (χ4n) is 2.08. The van der Waals surface area contributed by atoms with Crippen molar-refractivity contribution in [2.75, 3.05) is 5.32 Å². The zero-order valence-corrected chi connectivity index (χ0v) is 15.2. The third-order valence-corrected chi connectivity index (χ3v) is 6.09. The zero-order valence-electron chi connectivity index (χ0n) is 13.3. The van der Waals surface area contributed by atoms with Crippen molar-refractivity contribution in [2.45, 2.75) is 6.92 Å². The van der Waals surface area contributed by atoms with Gasteiger partial charge in [-0.1, -0.05) is 0 Å². The summed E-state index contributed by atoms with van der Waals surface area (Å²) in [5, 5.41) is 22.7. The SMILES string of the molecule is CC(=O)Nc1cc(O)ccc1[As](=O)(O)OC(=O)c1ccccc1[N+](=O)[O-]. The minimum absolute atomic E-state index is 0.210. The number of carbonyl (C=O) groups excluding carboxylic acids is 2. The summed E-state index contributed by atoms with van der Waals surface area (Å²) in [6.45, 7) is 1.14. The molecular formula is C15H13AsN2O8. The van der Waals surface area contributed by atoms with Crippen LogP contribution in [0.4, 0.5) is 11.4 Å². The van der Waals surface area contributed by atoms with E-state index in [1.165, 1.54) is 12.1 Å². The number of hydrogen-bond donors (Lipinski definition) is 3. The maximum atomic E-state index is 12.6. The number of rotatable bonds is 5. The van der Waals surface area contributed by atoms with E-state index < -0.39 is 46.6 Å². The van der Waals surface area contributed by atoms with Crippen molar-refractivity contribution in [3.63, 3.8) is 0 Å². The number of aromatic hydroxyl groups is 1. The second-order valence-corrected chi connectivity index (χ2v) is 8.63. The molecule has 0 radical (unpaired) electrons. The van der Waals surface area contributed by atoms with Crippen LogP contribution in [0.1, 0.15) is 17.3 Å². The van der Waals surface area contributed by atoms with Crippen LogP contribution in [0.2, 0.25) is 0 Å². The number of amides is 1. The number of hydrogen-bond acceptors (Lipinski definition) is 7. The maximum absolute atomic E-state index is 12.6. The molecule has 0 aliphatic carbocycles. The number of nitrogens with zero attached hydrogens (tertiary/aromatic N) is 1. The van der Waals surface area contributed by atoms with Gasteiger partial charge in [-0.2, -0.15) is 0 Å². The Morgan fingerprint density at radius 3 is 2.50 bits per heavy atom. The van der Waals surface area contributed by atoms with Crippen molar-refractivity contribution < 1.29 is 31.2 Å².